The molecular formula is C16H21NO2. The van der Waals surface area contributed by atoms with Crippen molar-refractivity contribution in [2.75, 3.05) is 26.7 Å². The molecule has 0 fully saturated rings. The zero-order chi connectivity index (χ0) is 13.7. The fourth-order valence-electron chi connectivity index (χ4n) is 2.05. The Labute approximate surface area is 114 Å². The Balaban J connectivity index is 2.02. The van der Waals surface area contributed by atoms with E-state index in [0.717, 1.165) is 23.1 Å². The number of aliphatic hydroxyl groups is 1. The lowest BCUT2D eigenvalue weighted by molar-refractivity contribution is 0.0785. The first-order chi connectivity index (χ1) is 9.20. The van der Waals surface area contributed by atoms with Crippen LogP contribution in [0.25, 0.3) is 10.8 Å². The molecule has 0 saturated carbocycles. The largest absolute Gasteiger partial charge is 0.490 e. The average Bonchev–Trinajstić information content (AvgIpc) is 2.44. The van der Waals surface area contributed by atoms with Gasteiger partial charge in [0.2, 0.25) is 0 Å². The Morgan fingerprint density at radius 2 is 1.89 bits per heavy atom. The number of ether oxygens (including phenoxy) is 1. The predicted octanol–water partition coefficient (Wildman–Crippen LogP) is 2.53. The van der Waals surface area contributed by atoms with E-state index in [1.54, 1.807) is 0 Å². The van der Waals surface area contributed by atoms with Crippen LogP contribution in [-0.4, -0.2) is 42.9 Å². The quantitative estimate of drug-likeness (QED) is 0.865. The topological polar surface area (TPSA) is 32.7 Å². The zero-order valence-electron chi connectivity index (χ0n) is 11.5. The number of hydrogen-bond donors (Lipinski definition) is 1. The highest BCUT2D eigenvalue weighted by Gasteiger charge is 2.09. The third-order valence-corrected chi connectivity index (χ3v) is 3.24. The van der Waals surface area contributed by atoms with Gasteiger partial charge >= 0.3 is 0 Å². The van der Waals surface area contributed by atoms with Gasteiger partial charge in [-0.05, 0) is 25.0 Å². The summed E-state index contributed by atoms with van der Waals surface area (Å²) in [5.41, 5.74) is 0. The summed E-state index contributed by atoms with van der Waals surface area (Å²) in [6, 6.07) is 14.1. The van der Waals surface area contributed by atoms with Crippen LogP contribution in [0.2, 0.25) is 0 Å². The van der Waals surface area contributed by atoms with Crippen molar-refractivity contribution >= 4 is 10.8 Å². The lowest BCUT2D eigenvalue weighted by Crippen LogP contribution is -2.32. The summed E-state index contributed by atoms with van der Waals surface area (Å²) in [5, 5.41) is 12.2. The van der Waals surface area contributed by atoms with Crippen LogP contribution in [-0.2, 0) is 0 Å². The summed E-state index contributed by atoms with van der Waals surface area (Å²) in [5.74, 6) is 0.830. The minimum Gasteiger partial charge on any atom is -0.490 e. The van der Waals surface area contributed by atoms with Gasteiger partial charge in [0.1, 0.15) is 18.5 Å². The van der Waals surface area contributed by atoms with Crippen LogP contribution >= 0.6 is 0 Å². The maximum Gasteiger partial charge on any atom is 0.127 e. The number of fused-ring (bicyclic) bond motifs is 1. The van der Waals surface area contributed by atoms with E-state index >= 15 is 0 Å². The van der Waals surface area contributed by atoms with Crippen molar-refractivity contribution in [2.45, 2.75) is 13.0 Å². The molecule has 3 heteroatoms. The van der Waals surface area contributed by atoms with Gasteiger partial charge < -0.3 is 14.7 Å². The Morgan fingerprint density at radius 3 is 2.68 bits per heavy atom. The number of likely N-dealkylation sites (N-methyl/N-ethyl adjacent to an activating group) is 1. The highest BCUT2D eigenvalue weighted by molar-refractivity contribution is 5.88. The predicted molar refractivity (Wildman–Crippen MR) is 78.6 cm³/mol. The summed E-state index contributed by atoms with van der Waals surface area (Å²) in [6.45, 7) is 3.93. The smallest absolute Gasteiger partial charge is 0.127 e. The van der Waals surface area contributed by atoms with E-state index < -0.39 is 6.10 Å². The van der Waals surface area contributed by atoms with Crippen LogP contribution < -0.4 is 4.74 Å². The molecule has 0 aliphatic carbocycles. The molecule has 1 N–H and O–H groups in total. The van der Waals surface area contributed by atoms with Crippen LogP contribution in [0, 0.1) is 0 Å². The Bertz CT molecular complexity index is 522. The Morgan fingerprint density at radius 1 is 1.16 bits per heavy atom. The lowest BCUT2D eigenvalue weighted by Gasteiger charge is -2.19. The van der Waals surface area contributed by atoms with Gasteiger partial charge in [-0.3, -0.25) is 0 Å². The third kappa shape index (κ3) is 3.69. The van der Waals surface area contributed by atoms with Crippen molar-refractivity contribution in [3.8, 4) is 5.75 Å². The average molecular weight is 259 g/mol. The zero-order valence-corrected chi connectivity index (χ0v) is 11.5. The molecule has 0 aromatic heterocycles. The molecule has 102 valence electrons. The van der Waals surface area contributed by atoms with E-state index in [1.165, 1.54) is 0 Å². The van der Waals surface area contributed by atoms with Gasteiger partial charge in [-0.15, -0.1) is 0 Å². The Hall–Kier alpha value is -1.58. The minimum absolute atomic E-state index is 0.318. The number of hydrogen-bond acceptors (Lipinski definition) is 3. The summed E-state index contributed by atoms with van der Waals surface area (Å²) in [4.78, 5) is 2.07. The van der Waals surface area contributed by atoms with Gasteiger partial charge in [-0.1, -0.05) is 43.3 Å². The van der Waals surface area contributed by atoms with Gasteiger partial charge in [-0.2, -0.15) is 0 Å². The normalized spacial score (nSPS) is 12.8. The van der Waals surface area contributed by atoms with E-state index in [2.05, 4.69) is 24.0 Å². The number of rotatable bonds is 6. The van der Waals surface area contributed by atoms with Crippen molar-refractivity contribution in [3.63, 3.8) is 0 Å². The molecule has 0 saturated heterocycles. The molecule has 0 heterocycles. The molecule has 0 radical (unpaired) electrons. The first-order valence-electron chi connectivity index (χ1n) is 6.68. The highest BCUT2D eigenvalue weighted by atomic mass is 16.5. The fraction of sp³-hybridized carbons (Fsp3) is 0.375. The summed E-state index contributed by atoms with van der Waals surface area (Å²) < 4.78 is 5.75. The van der Waals surface area contributed by atoms with Crippen molar-refractivity contribution in [3.05, 3.63) is 42.5 Å². The maximum absolute atomic E-state index is 9.92. The number of nitrogens with zero attached hydrogens (tertiary/aromatic N) is 1. The van der Waals surface area contributed by atoms with Crippen LogP contribution in [0.15, 0.2) is 42.5 Å². The molecule has 2 aromatic carbocycles. The van der Waals surface area contributed by atoms with Gasteiger partial charge in [0, 0.05) is 11.9 Å². The maximum atomic E-state index is 9.92. The van der Waals surface area contributed by atoms with Gasteiger partial charge in [-0.25, -0.2) is 0 Å². The second-order valence-electron chi connectivity index (χ2n) is 4.80. The van der Waals surface area contributed by atoms with Crippen LogP contribution in [0.5, 0.6) is 5.75 Å². The molecule has 0 aliphatic rings. The molecule has 0 bridgehead atoms. The SMILES string of the molecule is CCN(C)CC(O)COc1cccc2ccccc12. The molecule has 1 atom stereocenters. The first kappa shape index (κ1) is 13.8. The fourth-order valence-corrected chi connectivity index (χ4v) is 2.05. The van der Waals surface area contributed by atoms with Crippen molar-refractivity contribution < 1.29 is 9.84 Å². The minimum atomic E-state index is -0.469. The molecule has 2 rings (SSSR count). The number of aliphatic hydroxyl groups excluding tert-OH is 1. The third-order valence-electron chi connectivity index (χ3n) is 3.24. The molecular weight excluding hydrogens is 238 g/mol. The van der Waals surface area contributed by atoms with Crippen molar-refractivity contribution in [2.24, 2.45) is 0 Å². The molecule has 0 aliphatic heterocycles. The second-order valence-corrected chi connectivity index (χ2v) is 4.80. The summed E-state index contributed by atoms with van der Waals surface area (Å²) in [6.07, 6.45) is -0.469. The monoisotopic (exact) mass is 259 g/mol. The van der Waals surface area contributed by atoms with Crippen LogP contribution in [0.4, 0.5) is 0 Å². The number of benzene rings is 2. The molecule has 2 aromatic rings. The van der Waals surface area contributed by atoms with E-state index in [-0.39, 0.29) is 0 Å². The lowest BCUT2D eigenvalue weighted by atomic mass is 10.1. The van der Waals surface area contributed by atoms with E-state index in [9.17, 15) is 5.11 Å². The molecule has 0 spiro atoms. The second kappa shape index (κ2) is 6.55. The van der Waals surface area contributed by atoms with Gasteiger partial charge in [0.05, 0.1) is 0 Å². The van der Waals surface area contributed by atoms with E-state index in [1.807, 2.05) is 37.4 Å². The van der Waals surface area contributed by atoms with E-state index in [0.29, 0.717) is 13.2 Å². The van der Waals surface area contributed by atoms with Crippen molar-refractivity contribution in [1.82, 2.24) is 4.90 Å². The standard InChI is InChI=1S/C16H21NO2/c1-3-17(2)11-14(18)12-19-16-10-6-8-13-7-4-5-9-15(13)16/h4-10,14,18H,3,11-12H2,1-2H3. The molecule has 1 unspecified atom stereocenters. The van der Waals surface area contributed by atoms with Crippen molar-refractivity contribution in [1.29, 1.82) is 0 Å². The van der Waals surface area contributed by atoms with Crippen LogP contribution in [0.1, 0.15) is 6.92 Å². The Kier molecular flexibility index (Phi) is 4.77. The molecule has 3 nitrogen and oxygen atoms in total. The molecule has 0 amide bonds. The summed E-state index contributed by atoms with van der Waals surface area (Å²) in [7, 11) is 1.99. The highest BCUT2D eigenvalue weighted by Crippen LogP contribution is 2.25. The van der Waals surface area contributed by atoms with E-state index in [4.69, 9.17) is 4.74 Å². The van der Waals surface area contributed by atoms with Crippen LogP contribution in [0.3, 0.4) is 0 Å². The van der Waals surface area contributed by atoms with Gasteiger partial charge in [0.15, 0.2) is 0 Å². The summed E-state index contributed by atoms with van der Waals surface area (Å²) >= 11 is 0. The molecule has 19 heavy (non-hydrogen) atoms. The van der Waals surface area contributed by atoms with Gasteiger partial charge in [0.25, 0.3) is 0 Å². The first-order valence-corrected chi connectivity index (χ1v) is 6.68.